The zero-order chi connectivity index (χ0) is 10.3. The summed E-state index contributed by atoms with van der Waals surface area (Å²) < 4.78 is 6.14. The van der Waals surface area contributed by atoms with Gasteiger partial charge in [0.25, 0.3) is 0 Å². The zero-order valence-corrected chi connectivity index (χ0v) is 11.4. The predicted octanol–water partition coefficient (Wildman–Crippen LogP) is 3.72. The molecule has 2 atom stereocenters. The molecule has 0 radical (unpaired) electrons. The first kappa shape index (κ1) is 13.5. The quantitative estimate of drug-likeness (QED) is 0.508. The summed E-state index contributed by atoms with van der Waals surface area (Å²) in [6.07, 6.45) is 2.77. The van der Waals surface area contributed by atoms with Crippen molar-refractivity contribution in [1.82, 2.24) is 0 Å². The van der Waals surface area contributed by atoms with Gasteiger partial charge in [0.05, 0.1) is 0 Å². The van der Waals surface area contributed by atoms with Gasteiger partial charge < -0.3 is 4.43 Å². The summed E-state index contributed by atoms with van der Waals surface area (Å²) in [6.45, 7) is 8.98. The molecule has 0 saturated heterocycles. The number of hydrogen-bond donors (Lipinski definition) is 1. The highest BCUT2D eigenvalue weighted by Gasteiger charge is 2.27. The van der Waals surface area contributed by atoms with Crippen LogP contribution in [-0.2, 0) is 4.43 Å². The van der Waals surface area contributed by atoms with Crippen molar-refractivity contribution in [2.75, 3.05) is 5.75 Å². The highest BCUT2D eigenvalue weighted by Crippen LogP contribution is 2.21. The van der Waals surface area contributed by atoms with E-state index in [-0.39, 0.29) is 0 Å². The topological polar surface area (TPSA) is 9.23 Å². The van der Waals surface area contributed by atoms with E-state index >= 15 is 0 Å². The Kier molecular flexibility index (Phi) is 7.18. The molecule has 0 aromatic carbocycles. The van der Waals surface area contributed by atoms with Crippen LogP contribution in [0.3, 0.4) is 0 Å². The van der Waals surface area contributed by atoms with Crippen molar-refractivity contribution in [3.8, 4) is 0 Å². The van der Waals surface area contributed by atoms with E-state index in [9.17, 15) is 0 Å². The minimum absolute atomic E-state index is 0.441. The van der Waals surface area contributed by atoms with Gasteiger partial charge in [-0.25, -0.2) is 0 Å². The summed E-state index contributed by atoms with van der Waals surface area (Å²) in [5.74, 6) is 0.993. The first-order valence-electron chi connectivity index (χ1n) is 5.36. The second-order valence-corrected chi connectivity index (χ2v) is 8.76. The monoisotopic (exact) mass is 220 g/mol. The molecule has 0 N–H and O–H groups in total. The van der Waals surface area contributed by atoms with Crippen LogP contribution in [0.25, 0.3) is 0 Å². The largest absolute Gasteiger partial charge is 0.415 e. The lowest BCUT2D eigenvalue weighted by Gasteiger charge is -2.29. The van der Waals surface area contributed by atoms with Gasteiger partial charge >= 0.3 is 0 Å². The molecule has 0 saturated carbocycles. The standard InChI is InChI=1S/C10H24OSSi/c1-5-10(3)11-13(4,6-2)9-7-8-12/h10,12H,5-9H2,1-4H3. The lowest BCUT2D eigenvalue weighted by molar-refractivity contribution is 0.203. The van der Waals surface area contributed by atoms with Gasteiger partial charge in [0.15, 0.2) is 8.32 Å². The Morgan fingerprint density at radius 3 is 2.38 bits per heavy atom. The van der Waals surface area contributed by atoms with E-state index in [1.165, 1.54) is 18.5 Å². The fourth-order valence-electron chi connectivity index (χ4n) is 1.34. The molecule has 0 heterocycles. The molecule has 0 aromatic rings. The van der Waals surface area contributed by atoms with Crippen molar-refractivity contribution in [2.24, 2.45) is 0 Å². The van der Waals surface area contributed by atoms with Gasteiger partial charge in [0, 0.05) is 6.10 Å². The SMILES string of the molecule is CCC(C)O[Si](C)(CC)CCCS. The smallest absolute Gasteiger partial charge is 0.189 e. The zero-order valence-electron chi connectivity index (χ0n) is 9.47. The Morgan fingerprint density at radius 1 is 1.38 bits per heavy atom. The molecule has 13 heavy (non-hydrogen) atoms. The Bertz CT molecular complexity index is 132. The minimum atomic E-state index is -1.38. The summed E-state index contributed by atoms with van der Waals surface area (Å²) in [6, 6.07) is 2.49. The van der Waals surface area contributed by atoms with Crippen LogP contribution in [0.5, 0.6) is 0 Å². The Hall–Kier alpha value is 0.527. The first-order valence-corrected chi connectivity index (χ1v) is 8.82. The summed E-state index contributed by atoms with van der Waals surface area (Å²) in [4.78, 5) is 0. The van der Waals surface area contributed by atoms with E-state index in [4.69, 9.17) is 4.43 Å². The van der Waals surface area contributed by atoms with Crippen LogP contribution >= 0.6 is 12.6 Å². The molecule has 0 amide bonds. The van der Waals surface area contributed by atoms with Gasteiger partial charge in [-0.1, -0.05) is 13.8 Å². The van der Waals surface area contributed by atoms with Crippen LogP contribution in [-0.4, -0.2) is 20.2 Å². The van der Waals surface area contributed by atoms with Crippen molar-refractivity contribution in [2.45, 2.75) is 58.4 Å². The van der Waals surface area contributed by atoms with Crippen molar-refractivity contribution in [3.05, 3.63) is 0 Å². The number of thiol groups is 1. The molecule has 0 spiro atoms. The van der Waals surface area contributed by atoms with E-state index < -0.39 is 8.32 Å². The first-order chi connectivity index (χ1) is 6.08. The van der Waals surface area contributed by atoms with Gasteiger partial charge in [-0.05, 0) is 44.2 Å². The van der Waals surface area contributed by atoms with Crippen LogP contribution in [0.4, 0.5) is 0 Å². The highest BCUT2D eigenvalue weighted by atomic mass is 32.1. The van der Waals surface area contributed by atoms with E-state index in [1.807, 2.05) is 0 Å². The molecular formula is C10H24OSSi. The summed E-state index contributed by atoms with van der Waals surface area (Å²) >= 11 is 4.25. The maximum atomic E-state index is 6.14. The molecule has 80 valence electrons. The van der Waals surface area contributed by atoms with Gasteiger partial charge in [-0.3, -0.25) is 0 Å². The Labute approximate surface area is 89.8 Å². The molecule has 0 bridgehead atoms. The number of hydrogen-bond acceptors (Lipinski definition) is 2. The summed E-state index contributed by atoms with van der Waals surface area (Å²) in [5, 5.41) is 0. The summed E-state index contributed by atoms with van der Waals surface area (Å²) in [7, 11) is -1.38. The molecule has 1 nitrogen and oxygen atoms in total. The van der Waals surface area contributed by atoms with E-state index in [2.05, 4.69) is 39.9 Å². The third kappa shape index (κ3) is 5.76. The normalized spacial score (nSPS) is 18.2. The lowest BCUT2D eigenvalue weighted by Crippen LogP contribution is -2.36. The average molecular weight is 220 g/mol. The molecule has 0 aliphatic carbocycles. The van der Waals surface area contributed by atoms with Gasteiger partial charge in [0.2, 0.25) is 0 Å². The molecule has 3 heteroatoms. The van der Waals surface area contributed by atoms with Crippen molar-refractivity contribution in [3.63, 3.8) is 0 Å². The predicted molar refractivity (Wildman–Crippen MR) is 66.2 cm³/mol. The third-order valence-electron chi connectivity index (χ3n) is 2.67. The van der Waals surface area contributed by atoms with Crippen LogP contribution in [0.15, 0.2) is 0 Å². The second-order valence-electron chi connectivity index (χ2n) is 3.97. The molecule has 0 rings (SSSR count). The van der Waals surface area contributed by atoms with Crippen LogP contribution in [0.2, 0.25) is 18.6 Å². The van der Waals surface area contributed by atoms with E-state index in [1.54, 1.807) is 0 Å². The van der Waals surface area contributed by atoms with E-state index in [0.29, 0.717) is 6.10 Å². The van der Waals surface area contributed by atoms with Crippen LogP contribution in [0, 0.1) is 0 Å². The lowest BCUT2D eigenvalue weighted by atomic mass is 10.3. The molecule has 2 unspecified atom stereocenters. The van der Waals surface area contributed by atoms with Crippen molar-refractivity contribution in [1.29, 1.82) is 0 Å². The molecule has 0 aliphatic rings. The maximum Gasteiger partial charge on any atom is 0.189 e. The van der Waals surface area contributed by atoms with Gasteiger partial charge in [-0.15, -0.1) is 0 Å². The second kappa shape index (κ2) is 6.90. The molecular weight excluding hydrogens is 196 g/mol. The maximum absolute atomic E-state index is 6.14. The van der Waals surface area contributed by atoms with Gasteiger partial charge in [0.1, 0.15) is 0 Å². The highest BCUT2D eigenvalue weighted by molar-refractivity contribution is 7.80. The van der Waals surface area contributed by atoms with Crippen LogP contribution in [0.1, 0.15) is 33.6 Å². The minimum Gasteiger partial charge on any atom is -0.415 e. The third-order valence-corrected chi connectivity index (χ3v) is 6.87. The molecule has 0 aliphatic heterocycles. The van der Waals surface area contributed by atoms with Crippen LogP contribution < -0.4 is 0 Å². The fraction of sp³-hybridized carbons (Fsp3) is 1.00. The molecule has 0 fully saturated rings. The fourth-order valence-corrected chi connectivity index (χ4v) is 4.50. The van der Waals surface area contributed by atoms with Gasteiger partial charge in [-0.2, -0.15) is 12.6 Å². The van der Waals surface area contributed by atoms with Crippen molar-refractivity contribution >= 4 is 20.9 Å². The Morgan fingerprint density at radius 2 is 2.00 bits per heavy atom. The van der Waals surface area contributed by atoms with E-state index in [0.717, 1.165) is 12.2 Å². The Balaban J connectivity index is 3.94. The molecule has 0 aromatic heterocycles. The number of rotatable bonds is 7. The summed E-state index contributed by atoms with van der Waals surface area (Å²) in [5.41, 5.74) is 0. The average Bonchev–Trinajstić information content (AvgIpc) is 2.14. The van der Waals surface area contributed by atoms with Crippen molar-refractivity contribution < 1.29 is 4.43 Å².